The number of esters is 2. The number of hydrogen-bond donors (Lipinski definition) is 13. The highest BCUT2D eigenvalue weighted by Gasteiger charge is 2.33. The van der Waals surface area contributed by atoms with Gasteiger partial charge in [-0.2, -0.15) is 0 Å². The Balaban J connectivity index is 6.37. The highest BCUT2D eigenvalue weighted by molar-refractivity contribution is 5.98. The normalized spacial score (nSPS) is 13.1. The van der Waals surface area contributed by atoms with Gasteiger partial charge in [0.2, 0.25) is 53.7 Å². The molecule has 0 aliphatic heterocycles. The zero-order chi connectivity index (χ0) is 70.2. The first-order valence-electron chi connectivity index (χ1n) is 34.9. The second kappa shape index (κ2) is 58.0. The van der Waals surface area contributed by atoms with Crippen LogP contribution in [0.15, 0.2) is 0 Å². The Morgan fingerprint density at radius 3 is 1.43 bits per heavy atom. The molecule has 0 heterocycles. The summed E-state index contributed by atoms with van der Waals surface area (Å²) in [5.74, 6) is -8.62. The maximum absolute atomic E-state index is 14.4. The maximum atomic E-state index is 14.4. The van der Waals surface area contributed by atoms with E-state index in [1.54, 1.807) is 6.92 Å². The molecule has 0 aromatic heterocycles. The highest BCUT2D eigenvalue weighted by atomic mass is 16.5. The van der Waals surface area contributed by atoms with Crippen molar-refractivity contribution in [3.63, 3.8) is 0 Å². The topological polar surface area (TPSA) is 400 Å². The van der Waals surface area contributed by atoms with Crippen LogP contribution in [0, 0.1) is 11.8 Å². The molecule has 9 amide bonds. The van der Waals surface area contributed by atoms with E-state index in [1.165, 1.54) is 0 Å². The monoisotopic (exact) mass is 1340 g/mol. The molecule has 542 valence electrons. The lowest BCUT2D eigenvalue weighted by Gasteiger charge is -2.24. The van der Waals surface area contributed by atoms with E-state index in [4.69, 9.17) is 15.2 Å². The molecule has 0 aliphatic rings. The molecule has 0 radical (unpaired) electrons. The Hall–Kier alpha value is -6.40. The Labute approximate surface area is 560 Å². The molecule has 94 heavy (non-hydrogen) atoms. The number of Topliss-reactive ketones (excluding diaryl/α,β-unsaturated/α-hetero) is 1. The summed E-state index contributed by atoms with van der Waals surface area (Å²) in [5.41, 5.74) is 5.58. The molecule has 14 N–H and O–H groups in total. The van der Waals surface area contributed by atoms with Gasteiger partial charge in [-0.25, -0.2) is 0 Å². The van der Waals surface area contributed by atoms with Gasteiger partial charge in [0.25, 0.3) is 0 Å². The van der Waals surface area contributed by atoms with Crippen LogP contribution in [0.3, 0.4) is 0 Å². The van der Waals surface area contributed by atoms with E-state index in [1.807, 2.05) is 27.7 Å². The third-order valence-corrected chi connectivity index (χ3v) is 15.7. The third kappa shape index (κ3) is 45.8. The highest BCUT2D eigenvalue weighted by Crippen LogP contribution is 2.15. The molecule has 0 saturated carbocycles. The largest absolute Gasteiger partial charge is 0.463 e. The minimum atomic E-state index is -1.61. The van der Waals surface area contributed by atoms with Gasteiger partial charge in [-0.05, 0) is 77.8 Å². The van der Waals surface area contributed by atoms with E-state index in [0.29, 0.717) is 71.2 Å². The number of ketones is 1. The Morgan fingerprint density at radius 2 is 0.883 bits per heavy atom. The van der Waals surface area contributed by atoms with Gasteiger partial charge in [0, 0.05) is 116 Å². The van der Waals surface area contributed by atoms with Gasteiger partial charge >= 0.3 is 11.9 Å². The molecule has 29 nitrogen and oxygen atoms in total. The molecule has 0 fully saturated rings. The average molecular weight is 1340 g/mol. The van der Waals surface area contributed by atoms with E-state index in [9.17, 15) is 57.5 Å². The molecular formula is C65H123N15O14. The van der Waals surface area contributed by atoms with E-state index in [-0.39, 0.29) is 83.6 Å². The van der Waals surface area contributed by atoms with Gasteiger partial charge in [-0.15, -0.1) is 0 Å². The molecule has 0 aliphatic carbocycles. The van der Waals surface area contributed by atoms with E-state index in [0.717, 1.165) is 90.6 Å². The zero-order valence-corrected chi connectivity index (χ0v) is 58.3. The molecule has 0 bridgehead atoms. The van der Waals surface area contributed by atoms with Crippen LogP contribution in [0.4, 0.5) is 0 Å². The summed E-state index contributed by atoms with van der Waals surface area (Å²) >= 11 is 0. The van der Waals surface area contributed by atoms with Crippen LogP contribution in [0.25, 0.3) is 0 Å². The fraction of sp³-hybridized carbons (Fsp3) is 0.815. The summed E-state index contributed by atoms with van der Waals surface area (Å²) < 4.78 is 10.7. The van der Waals surface area contributed by atoms with Crippen LogP contribution in [-0.4, -0.2) is 230 Å². The van der Waals surface area contributed by atoms with Gasteiger partial charge in [-0.1, -0.05) is 100 Å². The van der Waals surface area contributed by atoms with Gasteiger partial charge < -0.3 is 83.5 Å². The lowest BCUT2D eigenvalue weighted by atomic mass is 9.94. The fourth-order valence-corrected chi connectivity index (χ4v) is 9.77. The number of nitrogens with zero attached hydrogens (tertiary/aromatic N) is 2. The van der Waals surface area contributed by atoms with Crippen molar-refractivity contribution in [2.75, 3.05) is 124 Å². The predicted molar refractivity (Wildman–Crippen MR) is 361 cm³/mol. The average Bonchev–Trinajstić information content (AvgIpc) is 1.02. The summed E-state index contributed by atoms with van der Waals surface area (Å²) in [4.78, 5) is 163. The van der Waals surface area contributed by atoms with Gasteiger partial charge in [0.15, 0.2) is 0 Å². The number of nitrogens with two attached hydrogens (primary N) is 1. The summed E-state index contributed by atoms with van der Waals surface area (Å²) in [7, 11) is 0. The van der Waals surface area contributed by atoms with Crippen molar-refractivity contribution < 1.29 is 67.0 Å². The Morgan fingerprint density at radius 1 is 0.415 bits per heavy atom. The number of carbonyl (C=O) groups excluding carboxylic acids is 12. The molecule has 6 unspecified atom stereocenters. The van der Waals surface area contributed by atoms with Gasteiger partial charge in [0.1, 0.15) is 43.3 Å². The molecule has 0 aromatic rings. The van der Waals surface area contributed by atoms with Crippen LogP contribution in [0.1, 0.15) is 184 Å². The van der Waals surface area contributed by atoms with Crippen molar-refractivity contribution in [3.05, 3.63) is 0 Å². The van der Waals surface area contributed by atoms with E-state index < -0.39 is 115 Å². The number of amides is 9. The summed E-state index contributed by atoms with van der Waals surface area (Å²) in [6, 6.07) is -4.13. The quantitative estimate of drug-likeness (QED) is 0.0168. The number of primary amides is 1. The standard InChI is InChI=1S/C65H123N15O14/c1-9-17-20-22-29-71-57(84)45-53(77-58(85)42-49(12-4)62(89)74-30-23-21-18-10-2)65(92)78-52(64(91)75-38-34-67-31-35-69-54(61(66)88)46-93-59(86)26-24-39-79(13-5)14-6)44-51(82)41-50(63(90)73-28-19-11-3)43-56(83)72-37-33-68-32-36-70-55(76-48-81)47-94-60(87)27-25-40-80(15-7)16-8/h48-50,52-55,67-70H,9-47H2,1-8H3,(H2,66,88)(H,71,84)(H,72,83)(H,73,90)(H,74,89)(H,75,91)(H,76,81)(H,77,85)(H,78,92). The van der Waals surface area contributed by atoms with Crippen LogP contribution in [-0.2, 0) is 67.0 Å². The summed E-state index contributed by atoms with van der Waals surface area (Å²) in [5, 5.41) is 34.0. The molecule has 0 aromatic carbocycles. The first-order valence-corrected chi connectivity index (χ1v) is 34.9. The lowest BCUT2D eigenvalue weighted by molar-refractivity contribution is -0.146. The second-order valence-electron chi connectivity index (χ2n) is 23.4. The smallest absolute Gasteiger partial charge is 0.305 e. The number of nitrogens with one attached hydrogen (secondary N) is 12. The molecule has 0 rings (SSSR count). The summed E-state index contributed by atoms with van der Waals surface area (Å²) in [6.07, 6.45) is 8.03. The number of hydrogen-bond acceptors (Lipinski definition) is 20. The van der Waals surface area contributed by atoms with Crippen molar-refractivity contribution in [2.45, 2.75) is 208 Å². The van der Waals surface area contributed by atoms with Crippen molar-refractivity contribution in [1.29, 1.82) is 0 Å². The number of carbonyl (C=O) groups is 12. The number of rotatable bonds is 63. The molecule has 0 spiro atoms. The summed E-state index contributed by atoms with van der Waals surface area (Å²) in [6.45, 7) is 23.5. The fourth-order valence-electron chi connectivity index (χ4n) is 9.77. The number of ether oxygens (including phenoxy) is 2. The Kier molecular flexibility index (Phi) is 54.0. The van der Waals surface area contributed by atoms with Gasteiger partial charge in [0.05, 0.1) is 12.3 Å². The van der Waals surface area contributed by atoms with Crippen LogP contribution >= 0.6 is 0 Å². The van der Waals surface area contributed by atoms with Crippen molar-refractivity contribution in [2.24, 2.45) is 17.6 Å². The predicted octanol–water partition coefficient (Wildman–Crippen LogP) is 0.274. The SMILES string of the molecule is CCCCCCNC(=O)CC(NC(=O)CC(CC)C(=O)NCCCCCC)C(=O)NC(CC(=O)CC(CC(=O)NCCNCCNC(COC(=O)CCCN(CC)CC)NC=O)C(=O)NCCCC)C(=O)NCCNCCNC(COC(=O)CCCN(CC)CC)C(N)=O. The van der Waals surface area contributed by atoms with Crippen molar-refractivity contribution in [3.8, 4) is 0 Å². The van der Waals surface area contributed by atoms with Crippen molar-refractivity contribution in [1.82, 2.24) is 73.6 Å². The first kappa shape index (κ1) is 87.6. The first-order chi connectivity index (χ1) is 45.2. The van der Waals surface area contributed by atoms with Crippen molar-refractivity contribution >= 4 is 71.4 Å². The molecule has 29 heteroatoms. The molecule has 6 atom stereocenters. The zero-order valence-electron chi connectivity index (χ0n) is 58.3. The van der Waals surface area contributed by atoms with E-state index >= 15 is 0 Å². The van der Waals surface area contributed by atoms with Crippen LogP contribution in [0.2, 0.25) is 0 Å². The molecule has 0 saturated heterocycles. The minimum absolute atomic E-state index is 0.0374. The lowest BCUT2D eigenvalue weighted by Crippen LogP contribution is -2.56. The third-order valence-electron chi connectivity index (χ3n) is 15.7. The maximum Gasteiger partial charge on any atom is 0.305 e. The van der Waals surface area contributed by atoms with Crippen LogP contribution < -0.4 is 69.5 Å². The number of unbranched alkanes of at least 4 members (excludes halogenated alkanes) is 7. The Bertz CT molecular complexity index is 2160. The second-order valence-corrected chi connectivity index (χ2v) is 23.4. The van der Waals surface area contributed by atoms with E-state index in [2.05, 4.69) is 94.4 Å². The van der Waals surface area contributed by atoms with Crippen LogP contribution in [0.5, 0.6) is 0 Å². The molecular weight excluding hydrogens is 1210 g/mol. The minimum Gasteiger partial charge on any atom is -0.463 e. The van der Waals surface area contributed by atoms with Gasteiger partial charge in [-0.3, -0.25) is 62.9 Å².